The van der Waals surface area contributed by atoms with Gasteiger partial charge < -0.3 is 10.5 Å². The first kappa shape index (κ1) is 14.1. The number of benzene rings is 2. The minimum Gasteiger partial charge on any atom is -0.493 e. The van der Waals surface area contributed by atoms with E-state index >= 15 is 0 Å². The molecule has 3 heteroatoms. The summed E-state index contributed by atoms with van der Waals surface area (Å²) >= 11 is 0. The largest absolute Gasteiger partial charge is 0.493 e. The van der Waals surface area contributed by atoms with E-state index in [0.29, 0.717) is 29.2 Å². The summed E-state index contributed by atoms with van der Waals surface area (Å²) in [6.45, 7) is 6.31. The lowest BCUT2D eigenvalue weighted by Crippen LogP contribution is -2.10. The van der Waals surface area contributed by atoms with Gasteiger partial charge in [0.15, 0.2) is 5.78 Å². The molecule has 0 saturated heterocycles. The van der Waals surface area contributed by atoms with Gasteiger partial charge in [-0.1, -0.05) is 29.8 Å². The number of nitrogen functional groups attached to an aromatic ring is 1. The lowest BCUT2D eigenvalue weighted by atomic mass is 9.96. The number of ketones is 1. The maximum absolute atomic E-state index is 12.7. The number of aryl methyl sites for hydroxylation is 2. The van der Waals surface area contributed by atoms with Crippen molar-refractivity contribution in [2.75, 3.05) is 12.3 Å². The van der Waals surface area contributed by atoms with Crippen LogP contribution in [0.25, 0.3) is 0 Å². The first-order chi connectivity index (χ1) is 9.54. The Balaban J connectivity index is 2.53. The monoisotopic (exact) mass is 269 g/mol. The van der Waals surface area contributed by atoms with Gasteiger partial charge in [0.2, 0.25) is 0 Å². The fourth-order valence-electron chi connectivity index (χ4n) is 2.27. The Kier molecular flexibility index (Phi) is 4.08. The molecule has 2 aromatic rings. The molecular weight excluding hydrogens is 250 g/mol. The molecule has 0 amide bonds. The SMILES string of the molecule is CCOc1cccc(N)c1C(=O)c1ccc(C)cc1C. The molecule has 2 N–H and O–H groups in total. The fourth-order valence-corrected chi connectivity index (χ4v) is 2.27. The van der Waals surface area contributed by atoms with Crippen LogP contribution in [0.3, 0.4) is 0 Å². The van der Waals surface area contributed by atoms with E-state index in [9.17, 15) is 4.79 Å². The van der Waals surface area contributed by atoms with Gasteiger partial charge in [0.05, 0.1) is 12.2 Å². The predicted octanol–water partition coefficient (Wildman–Crippen LogP) is 3.52. The number of nitrogens with two attached hydrogens (primary N) is 1. The molecule has 0 bridgehead atoms. The molecule has 2 aromatic carbocycles. The first-order valence-corrected chi connectivity index (χ1v) is 6.67. The van der Waals surface area contributed by atoms with Gasteiger partial charge in [0.25, 0.3) is 0 Å². The summed E-state index contributed by atoms with van der Waals surface area (Å²) in [6.07, 6.45) is 0. The van der Waals surface area contributed by atoms with Crippen LogP contribution in [0.5, 0.6) is 5.75 Å². The van der Waals surface area contributed by atoms with Crippen molar-refractivity contribution < 1.29 is 9.53 Å². The number of hydrogen-bond acceptors (Lipinski definition) is 3. The molecule has 0 atom stereocenters. The Hall–Kier alpha value is -2.29. The zero-order chi connectivity index (χ0) is 14.7. The second kappa shape index (κ2) is 5.78. The smallest absolute Gasteiger partial charge is 0.199 e. The molecule has 0 aromatic heterocycles. The summed E-state index contributed by atoms with van der Waals surface area (Å²) < 4.78 is 5.52. The molecule has 0 radical (unpaired) electrons. The number of rotatable bonds is 4. The molecular formula is C17H19NO2. The molecule has 20 heavy (non-hydrogen) atoms. The Labute approximate surface area is 119 Å². The lowest BCUT2D eigenvalue weighted by Gasteiger charge is -2.13. The van der Waals surface area contributed by atoms with E-state index in [2.05, 4.69) is 0 Å². The van der Waals surface area contributed by atoms with E-state index in [-0.39, 0.29) is 5.78 Å². The van der Waals surface area contributed by atoms with Gasteiger partial charge >= 0.3 is 0 Å². The van der Waals surface area contributed by atoms with E-state index in [1.54, 1.807) is 18.2 Å². The summed E-state index contributed by atoms with van der Waals surface area (Å²) in [5, 5.41) is 0. The Morgan fingerprint density at radius 2 is 1.95 bits per heavy atom. The van der Waals surface area contributed by atoms with Crippen molar-refractivity contribution in [3.8, 4) is 5.75 Å². The molecule has 0 fully saturated rings. The van der Waals surface area contributed by atoms with Gasteiger partial charge in [-0.2, -0.15) is 0 Å². The number of carbonyl (C=O) groups excluding carboxylic acids is 1. The average molecular weight is 269 g/mol. The Morgan fingerprint density at radius 3 is 2.60 bits per heavy atom. The molecule has 0 heterocycles. The van der Waals surface area contributed by atoms with Crippen LogP contribution < -0.4 is 10.5 Å². The van der Waals surface area contributed by atoms with Crippen molar-refractivity contribution in [3.63, 3.8) is 0 Å². The summed E-state index contributed by atoms with van der Waals surface area (Å²) in [4.78, 5) is 12.7. The van der Waals surface area contributed by atoms with E-state index in [0.717, 1.165) is 11.1 Å². The van der Waals surface area contributed by atoms with Gasteiger partial charge in [-0.25, -0.2) is 0 Å². The zero-order valence-corrected chi connectivity index (χ0v) is 12.1. The highest BCUT2D eigenvalue weighted by Gasteiger charge is 2.19. The van der Waals surface area contributed by atoms with Crippen molar-refractivity contribution >= 4 is 11.5 Å². The lowest BCUT2D eigenvalue weighted by molar-refractivity contribution is 0.103. The van der Waals surface area contributed by atoms with Gasteiger partial charge in [-0.05, 0) is 38.5 Å². The standard InChI is InChI=1S/C17H19NO2/c1-4-20-15-7-5-6-14(18)16(15)17(19)13-9-8-11(2)10-12(13)3/h5-10H,4,18H2,1-3H3. The van der Waals surface area contributed by atoms with Crippen LogP contribution in [0.1, 0.15) is 34.0 Å². The second-order valence-electron chi connectivity index (χ2n) is 4.80. The summed E-state index contributed by atoms with van der Waals surface area (Å²) in [5.41, 5.74) is 9.60. The van der Waals surface area contributed by atoms with E-state index in [4.69, 9.17) is 10.5 Å². The summed E-state index contributed by atoms with van der Waals surface area (Å²) in [7, 11) is 0. The second-order valence-corrected chi connectivity index (χ2v) is 4.80. The predicted molar refractivity (Wildman–Crippen MR) is 81.4 cm³/mol. The summed E-state index contributed by atoms with van der Waals surface area (Å²) in [6, 6.07) is 11.1. The maximum atomic E-state index is 12.7. The number of hydrogen-bond donors (Lipinski definition) is 1. The van der Waals surface area contributed by atoms with Crippen LogP contribution in [0.15, 0.2) is 36.4 Å². The first-order valence-electron chi connectivity index (χ1n) is 6.67. The van der Waals surface area contributed by atoms with Crippen molar-refractivity contribution in [2.24, 2.45) is 0 Å². The molecule has 0 spiro atoms. The molecule has 104 valence electrons. The van der Waals surface area contributed by atoms with Crippen molar-refractivity contribution in [3.05, 3.63) is 58.7 Å². The fraction of sp³-hybridized carbons (Fsp3) is 0.235. The van der Waals surface area contributed by atoms with Crippen LogP contribution in [-0.2, 0) is 0 Å². The number of carbonyl (C=O) groups is 1. The number of ether oxygens (including phenoxy) is 1. The molecule has 2 rings (SSSR count). The third-order valence-corrected chi connectivity index (χ3v) is 3.21. The van der Waals surface area contributed by atoms with Gasteiger partial charge in [0.1, 0.15) is 5.75 Å². The third-order valence-electron chi connectivity index (χ3n) is 3.21. The van der Waals surface area contributed by atoms with Gasteiger partial charge in [-0.3, -0.25) is 4.79 Å². The van der Waals surface area contributed by atoms with Crippen molar-refractivity contribution in [1.82, 2.24) is 0 Å². The average Bonchev–Trinajstić information content (AvgIpc) is 2.38. The van der Waals surface area contributed by atoms with Gasteiger partial charge in [-0.15, -0.1) is 0 Å². The molecule has 0 saturated carbocycles. The summed E-state index contributed by atoms with van der Waals surface area (Å²) in [5.74, 6) is 0.446. The topological polar surface area (TPSA) is 52.3 Å². The van der Waals surface area contributed by atoms with Crippen LogP contribution in [0.4, 0.5) is 5.69 Å². The quantitative estimate of drug-likeness (QED) is 0.682. The minimum atomic E-state index is -0.0935. The van der Waals surface area contributed by atoms with Crippen molar-refractivity contribution in [2.45, 2.75) is 20.8 Å². The highest BCUT2D eigenvalue weighted by atomic mass is 16.5. The Bertz CT molecular complexity index is 647. The van der Waals surface area contributed by atoms with E-state index in [1.165, 1.54) is 0 Å². The minimum absolute atomic E-state index is 0.0935. The van der Waals surface area contributed by atoms with E-state index in [1.807, 2.05) is 39.0 Å². The molecule has 0 aliphatic rings. The van der Waals surface area contributed by atoms with Crippen LogP contribution in [0.2, 0.25) is 0 Å². The zero-order valence-electron chi connectivity index (χ0n) is 12.1. The van der Waals surface area contributed by atoms with Crippen LogP contribution in [-0.4, -0.2) is 12.4 Å². The maximum Gasteiger partial charge on any atom is 0.199 e. The highest BCUT2D eigenvalue weighted by molar-refractivity contribution is 6.14. The molecule has 0 aliphatic carbocycles. The van der Waals surface area contributed by atoms with Crippen LogP contribution in [0, 0.1) is 13.8 Å². The normalized spacial score (nSPS) is 10.3. The molecule has 0 unspecified atom stereocenters. The van der Waals surface area contributed by atoms with E-state index < -0.39 is 0 Å². The van der Waals surface area contributed by atoms with Gasteiger partial charge in [0, 0.05) is 11.3 Å². The Morgan fingerprint density at radius 1 is 1.20 bits per heavy atom. The highest BCUT2D eigenvalue weighted by Crippen LogP contribution is 2.28. The number of anilines is 1. The van der Waals surface area contributed by atoms with Crippen LogP contribution >= 0.6 is 0 Å². The molecule has 3 nitrogen and oxygen atoms in total. The molecule has 0 aliphatic heterocycles. The third kappa shape index (κ3) is 2.67. The van der Waals surface area contributed by atoms with Crippen molar-refractivity contribution in [1.29, 1.82) is 0 Å².